The molecular formula is C18H43FOSi2. The Morgan fingerprint density at radius 1 is 1.05 bits per heavy atom. The van der Waals surface area contributed by atoms with Crippen molar-refractivity contribution in [1.29, 1.82) is 0 Å². The molecule has 0 aromatic carbocycles. The van der Waals surface area contributed by atoms with Crippen LogP contribution < -0.4 is 0 Å². The van der Waals surface area contributed by atoms with Crippen molar-refractivity contribution in [3.8, 4) is 0 Å². The molecule has 1 aliphatic rings. The van der Waals surface area contributed by atoms with Gasteiger partial charge in [-0.3, -0.25) is 9.50 Å². The van der Waals surface area contributed by atoms with Gasteiger partial charge in [0.1, 0.15) is 5.78 Å². The molecule has 22 heavy (non-hydrogen) atoms. The molecule has 1 fully saturated rings. The largest absolute Gasteiger partial charge is 0.300 e. The van der Waals surface area contributed by atoms with Crippen LogP contribution in [0.3, 0.4) is 0 Å². The van der Waals surface area contributed by atoms with E-state index in [2.05, 4.69) is 46.6 Å². The minimum atomic E-state index is -0.694. The van der Waals surface area contributed by atoms with Gasteiger partial charge in [0.15, 0.2) is 0 Å². The van der Waals surface area contributed by atoms with Crippen molar-refractivity contribution in [3.05, 3.63) is 0 Å². The summed E-state index contributed by atoms with van der Waals surface area (Å²) in [4.78, 5) is 10.2. The molecule has 0 amide bonds. The van der Waals surface area contributed by atoms with Gasteiger partial charge in [0.25, 0.3) is 0 Å². The van der Waals surface area contributed by atoms with Gasteiger partial charge in [-0.2, -0.15) is 0 Å². The number of ketones is 1. The first-order chi connectivity index (χ1) is 9.50. The van der Waals surface area contributed by atoms with Crippen LogP contribution >= 0.6 is 0 Å². The summed E-state index contributed by atoms with van der Waals surface area (Å²) in [5.74, 6) is 0.343. The third-order valence-electron chi connectivity index (χ3n) is 4.89. The lowest BCUT2D eigenvalue weighted by molar-refractivity contribution is -0.118. The lowest BCUT2D eigenvalue weighted by Crippen LogP contribution is -2.33. The first-order valence-corrected chi connectivity index (χ1v) is 16.0. The minimum Gasteiger partial charge on any atom is -0.300 e. The molecule has 0 N–H and O–H groups in total. The maximum absolute atomic E-state index is 10.2. The molecule has 1 nitrogen and oxygen atoms in total. The Bertz CT molecular complexity index is 267. The molecule has 0 bridgehead atoms. The van der Waals surface area contributed by atoms with E-state index >= 15 is 0 Å². The third-order valence-corrected chi connectivity index (χ3v) is 11.6. The zero-order valence-electron chi connectivity index (χ0n) is 16.8. The van der Waals surface area contributed by atoms with E-state index < -0.39 is 16.1 Å². The molecule has 0 radical (unpaired) electrons. The second kappa shape index (κ2) is 13.5. The van der Waals surface area contributed by atoms with Crippen molar-refractivity contribution in [2.45, 2.75) is 110 Å². The highest BCUT2D eigenvalue weighted by Gasteiger charge is 2.30. The van der Waals surface area contributed by atoms with E-state index in [1.807, 2.05) is 13.8 Å². The Morgan fingerprint density at radius 3 is 1.59 bits per heavy atom. The summed E-state index contributed by atoms with van der Waals surface area (Å²) in [5.41, 5.74) is 1.09. The lowest BCUT2D eigenvalue weighted by Gasteiger charge is -2.34. The summed E-state index contributed by atoms with van der Waals surface area (Å²) >= 11 is 0. The molecule has 1 aliphatic heterocycles. The summed E-state index contributed by atoms with van der Waals surface area (Å²) < 4.78 is 0. The quantitative estimate of drug-likeness (QED) is 0.494. The Kier molecular flexibility index (Phi) is 16.5. The van der Waals surface area contributed by atoms with Crippen LogP contribution in [0, 0.1) is 0 Å². The number of rotatable bonds is 3. The van der Waals surface area contributed by atoms with Crippen molar-refractivity contribution < 1.29 is 9.50 Å². The molecule has 1 unspecified atom stereocenters. The average Bonchev–Trinajstić information content (AvgIpc) is 2.42. The van der Waals surface area contributed by atoms with Gasteiger partial charge in [-0.15, -0.1) is 0 Å². The smallest absolute Gasteiger partial charge is 0.132 e. The van der Waals surface area contributed by atoms with Crippen molar-refractivity contribution >= 4 is 21.9 Å². The third kappa shape index (κ3) is 16.4. The van der Waals surface area contributed by atoms with E-state index in [0.29, 0.717) is 18.6 Å². The fraction of sp³-hybridized carbons (Fsp3) is 0.944. The lowest BCUT2D eigenvalue weighted by atomic mass is 10.2. The molecule has 0 spiro atoms. The second-order valence-corrected chi connectivity index (χ2v) is 19.6. The number of carbonyl (C=O) groups excluding carboxylic acids is 1. The molecule has 0 aromatic rings. The number of carbonyl (C=O) groups is 1. The molecule has 0 aliphatic carbocycles. The van der Waals surface area contributed by atoms with Gasteiger partial charge >= 0.3 is 0 Å². The summed E-state index contributed by atoms with van der Waals surface area (Å²) in [7, 11) is -1.33. The summed E-state index contributed by atoms with van der Waals surface area (Å²) in [6.07, 6.45) is 5.91. The molecule has 1 heterocycles. The highest BCUT2D eigenvalue weighted by molar-refractivity contribution is 6.78. The van der Waals surface area contributed by atoms with E-state index in [-0.39, 0.29) is 4.70 Å². The molecular weight excluding hydrogens is 307 g/mol. The second-order valence-electron chi connectivity index (χ2n) is 8.30. The summed E-state index contributed by atoms with van der Waals surface area (Å²) in [6, 6.07) is 2.99. The van der Waals surface area contributed by atoms with Gasteiger partial charge in [0, 0.05) is 20.9 Å². The first-order valence-electron chi connectivity index (χ1n) is 9.01. The Morgan fingerprint density at radius 2 is 1.45 bits per heavy atom. The fourth-order valence-electron chi connectivity index (χ4n) is 1.92. The van der Waals surface area contributed by atoms with E-state index in [1.165, 1.54) is 25.3 Å². The minimum absolute atomic E-state index is 0. The van der Waals surface area contributed by atoms with Crippen LogP contribution in [-0.2, 0) is 4.79 Å². The van der Waals surface area contributed by atoms with E-state index in [0.717, 1.165) is 5.54 Å². The topological polar surface area (TPSA) is 17.1 Å². The van der Waals surface area contributed by atoms with Crippen LogP contribution in [0.15, 0.2) is 0 Å². The van der Waals surface area contributed by atoms with Crippen LogP contribution in [0.2, 0.25) is 50.4 Å². The van der Waals surface area contributed by atoms with Gasteiger partial charge in [0.2, 0.25) is 0 Å². The van der Waals surface area contributed by atoms with Crippen LogP contribution in [0.1, 0.15) is 59.8 Å². The monoisotopic (exact) mass is 350 g/mol. The molecule has 0 saturated carbocycles. The summed E-state index contributed by atoms with van der Waals surface area (Å²) in [6.45, 7) is 20.7. The van der Waals surface area contributed by atoms with Crippen LogP contribution in [0.5, 0.6) is 0 Å². The van der Waals surface area contributed by atoms with Crippen LogP contribution in [-0.4, -0.2) is 21.9 Å². The van der Waals surface area contributed by atoms with Crippen molar-refractivity contribution in [2.24, 2.45) is 0 Å². The molecule has 0 aromatic heterocycles. The normalized spacial score (nSPS) is 19.6. The van der Waals surface area contributed by atoms with E-state index in [1.54, 1.807) is 6.04 Å². The highest BCUT2D eigenvalue weighted by atomic mass is 28.3. The summed E-state index contributed by atoms with van der Waals surface area (Å²) in [5, 5.41) is 0. The van der Waals surface area contributed by atoms with Gasteiger partial charge in [-0.05, 0) is 5.54 Å². The fourth-order valence-corrected chi connectivity index (χ4v) is 4.56. The molecule has 1 atom stereocenters. The maximum atomic E-state index is 10.2. The van der Waals surface area contributed by atoms with E-state index in [4.69, 9.17) is 0 Å². The predicted molar refractivity (Wildman–Crippen MR) is 107 cm³/mol. The zero-order chi connectivity index (χ0) is 17.1. The highest BCUT2D eigenvalue weighted by Crippen LogP contribution is 2.36. The van der Waals surface area contributed by atoms with Gasteiger partial charge < -0.3 is 0 Å². The van der Waals surface area contributed by atoms with Crippen molar-refractivity contribution in [1.82, 2.24) is 0 Å². The molecule has 136 valence electrons. The number of Topliss-reactive ketones (excluding diaryl/α,β-unsaturated/α-hetero) is 1. The number of hydrogen-bond acceptors (Lipinski definition) is 1. The average molecular weight is 351 g/mol. The zero-order valence-corrected chi connectivity index (χ0v) is 18.8. The Labute approximate surface area is 142 Å². The standard InChI is InChI=1S/C8H18Si.C5H10O.C5H14Si.FH/c1-8-6-4-5-7-9(8,2)3;1-3-5(6)4-2;1-5-6(2,3)4;/h8H,4-7H2,1-3H3;3-4H2,1-2H3;5H2,1-4H3;1H. The van der Waals surface area contributed by atoms with Gasteiger partial charge in [0.05, 0.1) is 8.07 Å². The van der Waals surface area contributed by atoms with E-state index in [9.17, 15) is 4.79 Å². The van der Waals surface area contributed by atoms with Crippen LogP contribution in [0.4, 0.5) is 4.70 Å². The van der Waals surface area contributed by atoms with Crippen molar-refractivity contribution in [2.75, 3.05) is 0 Å². The Balaban J connectivity index is -0.000000250. The molecule has 1 rings (SSSR count). The number of halogens is 1. The first kappa shape index (κ1) is 26.9. The molecule has 1 saturated heterocycles. The number of hydrogen-bond donors (Lipinski definition) is 0. The van der Waals surface area contributed by atoms with Crippen molar-refractivity contribution in [3.63, 3.8) is 0 Å². The van der Waals surface area contributed by atoms with Gasteiger partial charge in [-0.1, -0.05) is 91.8 Å². The SMILES string of the molecule is CC1CCCC[Si]1(C)C.CCC(=O)CC.CC[Si](C)(C)C.F. The Hall–Kier alpha value is 0.0338. The maximum Gasteiger partial charge on any atom is 0.132 e. The van der Waals surface area contributed by atoms with Crippen LogP contribution in [0.25, 0.3) is 0 Å². The van der Waals surface area contributed by atoms with Gasteiger partial charge in [-0.25, -0.2) is 0 Å². The molecule has 4 heteroatoms. The predicted octanol–water partition coefficient (Wildman–Crippen LogP) is 7.14.